The monoisotopic (exact) mass is 467 g/mol. The van der Waals surface area contributed by atoms with Gasteiger partial charge in [0.2, 0.25) is 10.0 Å². The summed E-state index contributed by atoms with van der Waals surface area (Å²) in [5.74, 6) is -0.0516. The predicted octanol–water partition coefficient (Wildman–Crippen LogP) is 1.51. The van der Waals surface area contributed by atoms with Crippen LogP contribution in [0.1, 0.15) is 12.5 Å². The van der Waals surface area contributed by atoms with Crippen LogP contribution in [-0.4, -0.2) is 80.2 Å². The number of methoxy groups -OCH3 is 1. The summed E-state index contributed by atoms with van der Waals surface area (Å²) in [6, 6.07) is 3.93. The first-order chi connectivity index (χ1) is 15.1. The number of anilines is 1. The van der Waals surface area contributed by atoms with Gasteiger partial charge in [0.05, 0.1) is 24.6 Å². The first-order valence-corrected chi connectivity index (χ1v) is 12.2. The molecule has 2 amide bonds. The van der Waals surface area contributed by atoms with E-state index >= 15 is 4.39 Å². The first-order valence-electron chi connectivity index (χ1n) is 10.3. The number of ether oxygens (including phenoxy) is 1. The number of urea groups is 1. The molecule has 2 aliphatic heterocycles. The molecule has 2 aliphatic rings. The number of piperazine rings is 1. The summed E-state index contributed by atoms with van der Waals surface area (Å²) in [7, 11) is -1.75. The number of halogens is 1. The Morgan fingerprint density at radius 2 is 2.09 bits per heavy atom. The molecule has 2 heterocycles. The van der Waals surface area contributed by atoms with E-state index in [9.17, 15) is 13.2 Å². The van der Waals surface area contributed by atoms with Crippen LogP contribution in [0.3, 0.4) is 0 Å². The summed E-state index contributed by atoms with van der Waals surface area (Å²) in [6.07, 6.45) is 6.45. The zero-order valence-corrected chi connectivity index (χ0v) is 19.3. The summed E-state index contributed by atoms with van der Waals surface area (Å²) in [5.41, 5.74) is 6.17. The minimum Gasteiger partial charge on any atom is -0.383 e. The number of carbonyl (C=O) groups is 1. The topological polar surface area (TPSA) is 108 Å². The lowest BCUT2D eigenvalue weighted by atomic mass is 10.1. The molecule has 11 heteroatoms. The van der Waals surface area contributed by atoms with Crippen LogP contribution >= 0.6 is 0 Å². The second-order valence-corrected chi connectivity index (χ2v) is 9.97. The van der Waals surface area contributed by atoms with Crippen molar-refractivity contribution in [2.24, 2.45) is 5.73 Å². The lowest BCUT2D eigenvalue weighted by molar-refractivity contribution is 0.0452. The van der Waals surface area contributed by atoms with Gasteiger partial charge in [0.1, 0.15) is 5.82 Å². The van der Waals surface area contributed by atoms with E-state index in [4.69, 9.17) is 10.5 Å². The summed E-state index contributed by atoms with van der Waals surface area (Å²) in [4.78, 5) is 15.2. The van der Waals surface area contributed by atoms with E-state index in [1.54, 1.807) is 37.5 Å². The van der Waals surface area contributed by atoms with E-state index in [1.165, 1.54) is 15.5 Å². The van der Waals surface area contributed by atoms with Gasteiger partial charge in [-0.3, -0.25) is 9.80 Å². The normalized spacial score (nSPS) is 22.6. The van der Waals surface area contributed by atoms with Crippen LogP contribution < -0.4 is 11.1 Å². The molecule has 3 N–H and O–H groups in total. The van der Waals surface area contributed by atoms with Gasteiger partial charge in [-0.15, -0.1) is 0 Å². The van der Waals surface area contributed by atoms with Crippen molar-refractivity contribution in [3.05, 3.63) is 53.6 Å². The fraction of sp³-hybridized carbons (Fsp3) is 0.476. The average molecular weight is 468 g/mol. The number of rotatable bonds is 7. The number of allylic oxidation sites excluding steroid dienone is 2. The van der Waals surface area contributed by atoms with E-state index in [0.717, 1.165) is 0 Å². The molecule has 0 radical (unpaired) electrons. The molecule has 1 aromatic carbocycles. The number of nitrogens with zero attached hydrogens (tertiary/aromatic N) is 3. The van der Waals surface area contributed by atoms with Crippen LogP contribution in [0.2, 0.25) is 0 Å². The van der Waals surface area contributed by atoms with Gasteiger partial charge in [-0.1, -0.05) is 24.3 Å². The Morgan fingerprint density at radius 1 is 1.34 bits per heavy atom. The third-order valence-corrected chi connectivity index (χ3v) is 6.93. The van der Waals surface area contributed by atoms with Crippen LogP contribution in [0.4, 0.5) is 14.9 Å². The maximum Gasteiger partial charge on any atom is 0.320 e. The van der Waals surface area contributed by atoms with Gasteiger partial charge in [0.15, 0.2) is 5.82 Å². The number of carbonyl (C=O) groups excluding carboxylic acids is 1. The second-order valence-electron chi connectivity index (χ2n) is 7.99. The van der Waals surface area contributed by atoms with Gasteiger partial charge in [-0.2, -0.15) is 4.31 Å². The van der Waals surface area contributed by atoms with Gasteiger partial charge in [-0.05, 0) is 19.1 Å². The Bertz CT molecular complexity index is 1010. The molecule has 32 heavy (non-hydrogen) atoms. The minimum atomic E-state index is -3.31. The van der Waals surface area contributed by atoms with E-state index in [2.05, 4.69) is 5.32 Å². The fourth-order valence-corrected chi connectivity index (χ4v) is 4.85. The van der Waals surface area contributed by atoms with Crippen molar-refractivity contribution in [3.8, 4) is 0 Å². The Labute approximate surface area is 188 Å². The van der Waals surface area contributed by atoms with Gasteiger partial charge < -0.3 is 15.8 Å². The molecule has 1 aromatic rings. The SMILES string of the molecule is COC[C@H]1CN(S(C)(=O)=O)CCN1Cc1cccc(NC2=CC=CC(C)N2C(N)=O)c1F. The highest BCUT2D eigenvalue weighted by Gasteiger charge is 2.32. The highest BCUT2D eigenvalue weighted by Crippen LogP contribution is 2.25. The van der Waals surface area contributed by atoms with Gasteiger partial charge in [-0.25, -0.2) is 17.6 Å². The zero-order chi connectivity index (χ0) is 23.5. The molecule has 0 bridgehead atoms. The summed E-state index contributed by atoms with van der Waals surface area (Å²) >= 11 is 0. The number of benzene rings is 1. The molecule has 1 saturated heterocycles. The zero-order valence-electron chi connectivity index (χ0n) is 18.5. The number of nitrogens with one attached hydrogen (secondary N) is 1. The first kappa shape index (κ1) is 24.2. The maximum atomic E-state index is 15.4. The van der Waals surface area contributed by atoms with Crippen LogP contribution in [-0.2, 0) is 21.3 Å². The molecule has 0 saturated carbocycles. The van der Waals surface area contributed by atoms with E-state index in [0.29, 0.717) is 37.6 Å². The smallest absolute Gasteiger partial charge is 0.320 e. The summed E-state index contributed by atoms with van der Waals surface area (Å²) < 4.78 is 46.0. The maximum absolute atomic E-state index is 15.4. The molecule has 0 spiro atoms. The van der Waals surface area contributed by atoms with Crippen molar-refractivity contribution in [2.45, 2.75) is 25.6 Å². The van der Waals surface area contributed by atoms with Crippen LogP contribution in [0, 0.1) is 5.82 Å². The van der Waals surface area contributed by atoms with Crippen molar-refractivity contribution >= 4 is 21.7 Å². The third-order valence-electron chi connectivity index (χ3n) is 5.66. The molecule has 1 fully saturated rings. The van der Waals surface area contributed by atoms with E-state index in [-0.39, 0.29) is 24.3 Å². The Balaban J connectivity index is 1.79. The molecular weight excluding hydrogens is 437 g/mol. The largest absolute Gasteiger partial charge is 0.383 e. The molecular formula is C21H30FN5O4S. The van der Waals surface area contributed by atoms with Crippen molar-refractivity contribution in [2.75, 3.05) is 44.9 Å². The Morgan fingerprint density at radius 3 is 2.75 bits per heavy atom. The molecule has 176 valence electrons. The fourth-order valence-electron chi connectivity index (χ4n) is 3.99. The molecule has 2 atom stereocenters. The molecule has 0 aromatic heterocycles. The van der Waals surface area contributed by atoms with Gasteiger partial charge in [0.25, 0.3) is 0 Å². The van der Waals surface area contributed by atoms with Crippen LogP contribution in [0.5, 0.6) is 0 Å². The average Bonchev–Trinajstić information content (AvgIpc) is 2.71. The van der Waals surface area contributed by atoms with Crippen LogP contribution in [0.15, 0.2) is 42.2 Å². The Kier molecular flexibility index (Phi) is 7.55. The van der Waals surface area contributed by atoms with Gasteiger partial charge >= 0.3 is 6.03 Å². The van der Waals surface area contributed by atoms with E-state index < -0.39 is 21.9 Å². The van der Waals surface area contributed by atoms with Crippen molar-refractivity contribution in [3.63, 3.8) is 0 Å². The number of amides is 2. The standard InChI is InChI=1S/C21H30FN5O4S/c1-15-6-4-9-19(27(15)21(23)28)24-18-8-5-7-16(20(18)22)12-25-10-11-26(32(3,29)30)13-17(25)14-31-2/h4-9,15,17,24H,10-14H2,1-3H3,(H2,23,28)/t15?,17-/m1/s1. The van der Waals surface area contributed by atoms with Crippen molar-refractivity contribution in [1.82, 2.24) is 14.1 Å². The minimum absolute atomic E-state index is 0.197. The second kappa shape index (κ2) is 9.99. The number of nitrogens with two attached hydrogens (primary N) is 1. The van der Waals surface area contributed by atoms with Gasteiger partial charge in [0, 0.05) is 44.9 Å². The lowest BCUT2D eigenvalue weighted by Crippen LogP contribution is -2.55. The Hall–Kier alpha value is -2.47. The highest BCUT2D eigenvalue weighted by molar-refractivity contribution is 7.88. The number of hydrogen-bond donors (Lipinski definition) is 2. The molecule has 3 rings (SSSR count). The predicted molar refractivity (Wildman–Crippen MR) is 121 cm³/mol. The summed E-state index contributed by atoms with van der Waals surface area (Å²) in [6.45, 7) is 3.52. The van der Waals surface area contributed by atoms with Crippen molar-refractivity contribution < 1.29 is 22.3 Å². The lowest BCUT2D eigenvalue weighted by Gasteiger charge is -2.40. The highest BCUT2D eigenvalue weighted by atomic mass is 32.2. The van der Waals surface area contributed by atoms with Crippen LogP contribution in [0.25, 0.3) is 0 Å². The molecule has 0 aliphatic carbocycles. The summed E-state index contributed by atoms with van der Waals surface area (Å²) in [5, 5.41) is 2.98. The quantitative estimate of drug-likeness (QED) is 0.629. The number of hydrogen-bond acceptors (Lipinski definition) is 6. The van der Waals surface area contributed by atoms with E-state index in [1.807, 2.05) is 17.9 Å². The third kappa shape index (κ3) is 5.47. The number of sulfonamides is 1. The molecule has 1 unspecified atom stereocenters. The molecule has 9 nitrogen and oxygen atoms in total. The van der Waals surface area contributed by atoms with Crippen molar-refractivity contribution in [1.29, 1.82) is 0 Å². The number of primary amides is 1.